The molecule has 2 N–H and O–H groups in total. The van der Waals surface area contributed by atoms with E-state index in [1.54, 1.807) is 0 Å². The van der Waals surface area contributed by atoms with Gasteiger partial charge in [-0.2, -0.15) is 0 Å². The zero-order valence-corrected chi connectivity index (χ0v) is 10.6. The third-order valence-corrected chi connectivity index (χ3v) is 2.23. The minimum absolute atomic E-state index is 0.0563. The van der Waals surface area contributed by atoms with Gasteiger partial charge in [-0.3, -0.25) is 0 Å². The van der Waals surface area contributed by atoms with E-state index in [2.05, 4.69) is 38.1 Å². The van der Waals surface area contributed by atoms with Crippen LogP contribution in [0.1, 0.15) is 0 Å². The van der Waals surface area contributed by atoms with Crippen LogP contribution in [0.2, 0.25) is 0 Å². The summed E-state index contributed by atoms with van der Waals surface area (Å²) >= 11 is 7.99. The summed E-state index contributed by atoms with van der Waals surface area (Å²) in [6.07, 6.45) is -0.441. The van der Waals surface area contributed by atoms with Gasteiger partial charge >= 0.3 is 5.97 Å². The average molecular weight is 274 g/mol. The fraction of sp³-hybridized carbons (Fsp3) is 0.500. The second-order valence-electron chi connectivity index (χ2n) is 2.25. The van der Waals surface area contributed by atoms with Gasteiger partial charge in [0.05, 0.1) is 14.2 Å². The number of rotatable bonds is 6. The first-order valence-electron chi connectivity index (χ1n) is 3.56. The first-order chi connectivity index (χ1) is 6.80. The van der Waals surface area contributed by atoms with Crippen LogP contribution < -0.4 is 0 Å². The molecule has 88 valence electrons. The van der Waals surface area contributed by atoms with E-state index in [9.17, 15) is 4.79 Å². The lowest BCUT2D eigenvalue weighted by atomic mass is 10.3. The monoisotopic (exact) mass is 274 g/mol. The van der Waals surface area contributed by atoms with Crippen molar-refractivity contribution in [2.24, 2.45) is 0 Å². The van der Waals surface area contributed by atoms with E-state index >= 15 is 0 Å². The molecule has 0 aromatic rings. The molecule has 0 saturated carbocycles. The molecule has 9 heteroatoms. The van der Waals surface area contributed by atoms with Gasteiger partial charge in [0.15, 0.2) is 6.10 Å². The Morgan fingerprint density at radius 3 is 2.27 bits per heavy atom. The summed E-state index contributed by atoms with van der Waals surface area (Å²) in [5.74, 6) is -1.39. The van der Waals surface area contributed by atoms with Crippen molar-refractivity contribution in [1.29, 1.82) is 0 Å². The van der Waals surface area contributed by atoms with Crippen LogP contribution in [0.5, 0.6) is 0 Å². The van der Waals surface area contributed by atoms with E-state index in [4.69, 9.17) is 10.00 Å². The Bertz CT molecular complexity index is 292. The highest BCUT2D eigenvalue weighted by Crippen LogP contribution is 2.48. The molecule has 6 nitrogen and oxygen atoms in total. The van der Waals surface area contributed by atoms with Crippen molar-refractivity contribution in [3.8, 4) is 0 Å². The van der Waals surface area contributed by atoms with Crippen molar-refractivity contribution in [2.75, 3.05) is 14.2 Å². The summed E-state index contributed by atoms with van der Waals surface area (Å²) in [5.41, 5.74) is -3.36. The van der Waals surface area contributed by atoms with Gasteiger partial charge in [-0.15, -0.1) is 0 Å². The van der Waals surface area contributed by atoms with Gasteiger partial charge < -0.3 is 24.0 Å². The van der Waals surface area contributed by atoms with Gasteiger partial charge in [-0.05, 0) is 11.8 Å². The molecule has 0 fully saturated rings. The summed E-state index contributed by atoms with van der Waals surface area (Å²) in [6, 6.07) is 0. The molecule has 0 amide bonds. The zero-order chi connectivity index (χ0) is 12.1. The maximum absolute atomic E-state index is 10.7. The van der Waals surface area contributed by atoms with E-state index in [0.717, 1.165) is 6.08 Å². The minimum Gasteiger partial charge on any atom is -0.479 e. The highest BCUT2D eigenvalue weighted by atomic mass is 32.9. The van der Waals surface area contributed by atoms with Crippen LogP contribution in [0, 0.1) is 0 Å². The van der Waals surface area contributed by atoms with Crippen LogP contribution in [0.25, 0.3) is 0 Å². The third kappa shape index (κ3) is 6.75. The molecule has 0 aliphatic carbocycles. The molecule has 0 heterocycles. The number of methoxy groups -OCH3 is 2. The summed E-state index contributed by atoms with van der Waals surface area (Å²) in [6.45, 7) is 0. The smallest absolute Gasteiger partial charge is 0.337 e. The lowest BCUT2D eigenvalue weighted by molar-refractivity contribution is -0.143. The molecule has 0 aromatic heterocycles. The van der Waals surface area contributed by atoms with Crippen molar-refractivity contribution < 1.29 is 28.8 Å². The molecule has 15 heavy (non-hydrogen) atoms. The van der Waals surface area contributed by atoms with Gasteiger partial charge in [0.1, 0.15) is 0 Å². The molecule has 0 rings (SSSR count). The van der Waals surface area contributed by atoms with Crippen LogP contribution in [0.15, 0.2) is 12.0 Å². The normalized spacial score (nSPS) is 16.0. The quantitative estimate of drug-likeness (QED) is 0.374. The van der Waals surface area contributed by atoms with Gasteiger partial charge in [0.2, 0.25) is 5.69 Å². The predicted molar refractivity (Wildman–Crippen MR) is 60.1 cm³/mol. The Hall–Kier alpha value is -0.270. The lowest BCUT2D eigenvalue weighted by Gasteiger charge is -2.14. The fourth-order valence-electron chi connectivity index (χ4n) is 0.638. The Balaban J connectivity index is 4.76. The Labute approximate surface area is 97.2 Å². The van der Waals surface area contributed by atoms with Gasteiger partial charge in [0, 0.05) is 6.08 Å². The second-order valence-corrected chi connectivity index (χ2v) is 7.36. The molecule has 0 aliphatic heterocycles. The molecule has 1 unspecified atom stereocenters. The number of ether oxygens (including phenoxy) is 2. The minimum atomic E-state index is -3.36. The number of thiol groups is 1. The average Bonchev–Trinajstić information content (AvgIpc) is 2.09. The van der Waals surface area contributed by atoms with Gasteiger partial charge in [-0.1, -0.05) is 12.2 Å². The summed E-state index contributed by atoms with van der Waals surface area (Å²) in [7, 11) is 2.59. The Morgan fingerprint density at radius 2 is 2.00 bits per heavy atom. The molecule has 0 aliphatic rings. The molecule has 0 spiro atoms. The summed E-state index contributed by atoms with van der Waals surface area (Å²) in [4.78, 5) is 19.8. The lowest BCUT2D eigenvalue weighted by Crippen LogP contribution is -2.20. The Morgan fingerprint density at radius 1 is 1.53 bits per heavy atom. The van der Waals surface area contributed by atoms with Crippen molar-refractivity contribution in [1.82, 2.24) is 0 Å². The van der Waals surface area contributed by atoms with Crippen molar-refractivity contribution in [3.63, 3.8) is 0 Å². The van der Waals surface area contributed by atoms with Crippen LogP contribution in [-0.2, 0) is 30.6 Å². The number of carbonyl (C=O) groups is 1. The Kier molecular flexibility index (Phi) is 6.23. The number of carboxylic acid groups (broad SMARTS) is 1. The van der Waals surface area contributed by atoms with E-state index < -0.39 is 17.8 Å². The van der Waals surface area contributed by atoms with E-state index in [0.29, 0.717) is 0 Å². The van der Waals surface area contributed by atoms with Crippen LogP contribution >= 0.6 is 17.9 Å². The van der Waals surface area contributed by atoms with Gasteiger partial charge in [-0.25, -0.2) is 4.79 Å². The van der Waals surface area contributed by atoms with Gasteiger partial charge in [0.25, 0.3) is 5.95 Å². The molecule has 0 aromatic carbocycles. The molecular weight excluding hydrogens is 263 g/mol. The van der Waals surface area contributed by atoms with Crippen molar-refractivity contribution in [3.05, 3.63) is 12.0 Å². The molecule has 0 saturated heterocycles. The highest BCUT2D eigenvalue weighted by molar-refractivity contribution is 8.59. The maximum atomic E-state index is 10.7. The molecular formula is C6H11O6PS2. The number of carboxylic acids is 1. The topological polar surface area (TPSA) is 85.2 Å². The predicted octanol–water partition coefficient (Wildman–Crippen LogP) is 0.737. The van der Waals surface area contributed by atoms with Crippen LogP contribution in [-0.4, -0.2) is 36.3 Å². The molecule has 2 atom stereocenters. The van der Waals surface area contributed by atoms with Crippen molar-refractivity contribution in [2.45, 2.75) is 6.10 Å². The van der Waals surface area contributed by atoms with E-state index in [1.807, 2.05) is 0 Å². The number of hydrogen-bond acceptors (Lipinski definition) is 5. The van der Waals surface area contributed by atoms with E-state index in [-0.39, 0.29) is 5.95 Å². The molecule has 0 radical (unpaired) electrons. The standard InChI is InChI=1S/C6H11O6PS2/c1-10-5(11-2)3-4(6(7)8)12-13(9,14)15/h3-4H,1-2H3,(H,7,8)(H2,9,14,15)/t4-/m0/s1. The number of aliphatic carboxylic acids is 1. The zero-order valence-electron chi connectivity index (χ0n) is 7.98. The first kappa shape index (κ1) is 14.7. The third-order valence-electron chi connectivity index (χ3n) is 1.18. The van der Waals surface area contributed by atoms with Crippen LogP contribution in [0.4, 0.5) is 0 Å². The summed E-state index contributed by atoms with van der Waals surface area (Å²) < 4.78 is 14.0. The first-order valence-corrected chi connectivity index (χ1v) is 7.39. The highest BCUT2D eigenvalue weighted by Gasteiger charge is 2.23. The van der Waals surface area contributed by atoms with E-state index in [1.165, 1.54) is 14.2 Å². The maximum Gasteiger partial charge on any atom is 0.337 e. The van der Waals surface area contributed by atoms with Crippen LogP contribution in [0.3, 0.4) is 0 Å². The SMILES string of the molecule is COC(=C[C@H](OP(O)(=S)S)C(=O)O)OC. The second kappa shape index (κ2) is 6.34. The summed E-state index contributed by atoms with van der Waals surface area (Å²) in [5, 5.41) is 8.72. The largest absolute Gasteiger partial charge is 0.479 e. The molecule has 0 bridgehead atoms. The van der Waals surface area contributed by atoms with Crippen molar-refractivity contribution >= 4 is 35.7 Å². The fourth-order valence-corrected chi connectivity index (χ4v) is 1.67. The number of hydrogen-bond donors (Lipinski definition) is 3.